The summed E-state index contributed by atoms with van der Waals surface area (Å²) in [6.07, 6.45) is 2.49. The van der Waals surface area contributed by atoms with E-state index < -0.39 is 35.7 Å². The van der Waals surface area contributed by atoms with E-state index in [4.69, 9.17) is 4.74 Å². The summed E-state index contributed by atoms with van der Waals surface area (Å²) in [5.74, 6) is -1.42. The summed E-state index contributed by atoms with van der Waals surface area (Å²) < 4.78 is 5.39. The smallest absolute Gasteiger partial charge is 0.268 e. The van der Waals surface area contributed by atoms with Gasteiger partial charge in [0.05, 0.1) is 7.11 Å². The van der Waals surface area contributed by atoms with E-state index >= 15 is 0 Å². The highest BCUT2D eigenvalue weighted by molar-refractivity contribution is 6.01. The minimum absolute atomic E-state index is 0.0573. The van der Waals surface area contributed by atoms with E-state index in [1.807, 2.05) is 62.4 Å². The van der Waals surface area contributed by atoms with E-state index in [0.29, 0.717) is 30.7 Å². The standard InChI is InChI=1S/C33H38N6O5/c1-20(2)14-27(39-33(43)28-17-25-26(38-28)10-7-11-29(25)44-3)32(42)37-24(15-22-12-13-35-30(22)40)16-23(18-34)31(41)36-19-21-8-5-4-6-9-21/h4-11,16-17,20,22,24,27,38H,12-15,19H2,1-3H3,(H,35,40)(H,36,41)(H,37,42)(H,39,43)/b23-16-. The maximum atomic E-state index is 13.7. The van der Waals surface area contributed by atoms with Crippen molar-refractivity contribution in [2.24, 2.45) is 11.8 Å². The lowest BCUT2D eigenvalue weighted by Gasteiger charge is -2.24. The maximum absolute atomic E-state index is 13.7. The molecule has 1 saturated heterocycles. The molecule has 1 aliphatic rings. The Labute approximate surface area is 256 Å². The first-order valence-corrected chi connectivity index (χ1v) is 14.7. The molecule has 2 aromatic carbocycles. The quantitative estimate of drug-likeness (QED) is 0.150. The Morgan fingerprint density at radius 2 is 1.89 bits per heavy atom. The molecule has 0 saturated carbocycles. The van der Waals surface area contributed by atoms with Crippen LogP contribution < -0.4 is 26.0 Å². The Bertz CT molecular complexity index is 1570. The van der Waals surface area contributed by atoms with Gasteiger partial charge in [0.25, 0.3) is 11.8 Å². The number of aromatic nitrogens is 1. The van der Waals surface area contributed by atoms with Gasteiger partial charge in [-0.15, -0.1) is 0 Å². The van der Waals surface area contributed by atoms with Crippen molar-refractivity contribution in [2.75, 3.05) is 13.7 Å². The Morgan fingerprint density at radius 1 is 1.11 bits per heavy atom. The number of nitrogens with zero attached hydrogens (tertiary/aromatic N) is 1. The van der Waals surface area contributed by atoms with Gasteiger partial charge in [-0.1, -0.05) is 50.2 Å². The van der Waals surface area contributed by atoms with E-state index in [1.54, 1.807) is 19.2 Å². The van der Waals surface area contributed by atoms with Crippen molar-refractivity contribution < 1.29 is 23.9 Å². The summed E-state index contributed by atoms with van der Waals surface area (Å²) in [7, 11) is 1.55. The number of fused-ring (bicyclic) bond motifs is 1. The molecule has 4 amide bonds. The monoisotopic (exact) mass is 598 g/mol. The number of ether oxygens (including phenoxy) is 1. The summed E-state index contributed by atoms with van der Waals surface area (Å²) in [6, 6.07) is 16.6. The van der Waals surface area contributed by atoms with Crippen LogP contribution in [0, 0.1) is 23.2 Å². The molecule has 1 fully saturated rings. The number of amides is 4. The number of benzene rings is 2. The summed E-state index contributed by atoms with van der Waals surface area (Å²) in [4.78, 5) is 55.3. The third-order valence-electron chi connectivity index (χ3n) is 7.48. The number of nitriles is 1. The van der Waals surface area contributed by atoms with Crippen LogP contribution in [0.2, 0.25) is 0 Å². The topological polar surface area (TPSA) is 165 Å². The van der Waals surface area contributed by atoms with Crippen LogP contribution >= 0.6 is 0 Å². The molecule has 1 aliphatic heterocycles. The molecule has 230 valence electrons. The van der Waals surface area contributed by atoms with Crippen molar-refractivity contribution in [3.05, 3.63) is 77.5 Å². The second-order valence-electron chi connectivity index (χ2n) is 11.2. The molecule has 0 spiro atoms. The van der Waals surface area contributed by atoms with Crippen LogP contribution in [0.5, 0.6) is 5.75 Å². The lowest BCUT2D eigenvalue weighted by molar-refractivity contribution is -0.125. The Morgan fingerprint density at radius 3 is 2.55 bits per heavy atom. The number of aromatic amines is 1. The second kappa shape index (κ2) is 14.9. The summed E-state index contributed by atoms with van der Waals surface area (Å²) in [6.45, 7) is 4.61. The predicted octanol–water partition coefficient (Wildman–Crippen LogP) is 3.10. The van der Waals surface area contributed by atoms with Crippen molar-refractivity contribution >= 4 is 34.5 Å². The molecule has 2 heterocycles. The highest BCUT2D eigenvalue weighted by Crippen LogP contribution is 2.26. The predicted molar refractivity (Wildman–Crippen MR) is 165 cm³/mol. The van der Waals surface area contributed by atoms with E-state index in [2.05, 4.69) is 26.3 Å². The van der Waals surface area contributed by atoms with Crippen LogP contribution in [0.1, 0.15) is 49.2 Å². The lowest BCUT2D eigenvalue weighted by Crippen LogP contribution is -2.50. The fraction of sp³-hybridized carbons (Fsp3) is 0.364. The largest absolute Gasteiger partial charge is 0.496 e. The number of carbonyl (C=O) groups is 4. The van der Waals surface area contributed by atoms with Gasteiger partial charge in [-0.25, -0.2) is 0 Å². The van der Waals surface area contributed by atoms with Crippen molar-refractivity contribution in [1.82, 2.24) is 26.3 Å². The number of hydrogen-bond acceptors (Lipinski definition) is 6. The number of carbonyl (C=O) groups excluding carboxylic acids is 4. The first-order chi connectivity index (χ1) is 21.2. The van der Waals surface area contributed by atoms with Crippen LogP contribution in [0.4, 0.5) is 0 Å². The van der Waals surface area contributed by atoms with E-state index in [9.17, 15) is 24.4 Å². The van der Waals surface area contributed by atoms with E-state index in [0.717, 1.165) is 10.9 Å². The van der Waals surface area contributed by atoms with Gasteiger partial charge in [0.2, 0.25) is 11.8 Å². The molecule has 5 N–H and O–H groups in total. The lowest BCUT2D eigenvalue weighted by atomic mass is 9.95. The van der Waals surface area contributed by atoms with Gasteiger partial charge in [0, 0.05) is 36.0 Å². The Kier molecular flexibility index (Phi) is 10.8. The number of rotatable bonds is 13. The van der Waals surface area contributed by atoms with Crippen molar-refractivity contribution in [3.8, 4) is 11.8 Å². The zero-order chi connectivity index (χ0) is 31.6. The molecule has 3 aromatic rings. The first-order valence-electron chi connectivity index (χ1n) is 14.7. The molecule has 11 nitrogen and oxygen atoms in total. The molecule has 3 unspecified atom stereocenters. The van der Waals surface area contributed by atoms with Gasteiger partial charge in [-0.05, 0) is 55.0 Å². The Balaban J connectivity index is 1.53. The molecular formula is C33H38N6O5. The molecule has 0 aliphatic carbocycles. The van der Waals surface area contributed by atoms with Crippen LogP contribution in [0.3, 0.4) is 0 Å². The summed E-state index contributed by atoms with van der Waals surface area (Å²) in [5.41, 5.74) is 1.67. The molecule has 3 atom stereocenters. The van der Waals surface area contributed by atoms with Gasteiger partial charge >= 0.3 is 0 Å². The summed E-state index contributed by atoms with van der Waals surface area (Å²) in [5, 5.41) is 21.8. The van der Waals surface area contributed by atoms with Crippen molar-refractivity contribution in [3.63, 3.8) is 0 Å². The van der Waals surface area contributed by atoms with E-state index in [-0.39, 0.29) is 36.1 Å². The molecule has 0 bridgehead atoms. The third kappa shape index (κ3) is 8.25. The molecule has 0 radical (unpaired) electrons. The highest BCUT2D eigenvalue weighted by atomic mass is 16.5. The molecular weight excluding hydrogens is 560 g/mol. The minimum Gasteiger partial charge on any atom is -0.496 e. The van der Waals surface area contributed by atoms with Crippen LogP contribution in [0.25, 0.3) is 10.9 Å². The van der Waals surface area contributed by atoms with Crippen molar-refractivity contribution in [1.29, 1.82) is 5.26 Å². The third-order valence-corrected chi connectivity index (χ3v) is 7.48. The number of methoxy groups -OCH3 is 1. The van der Waals surface area contributed by atoms with Gasteiger partial charge in [0.1, 0.15) is 29.1 Å². The number of nitrogens with one attached hydrogen (secondary N) is 5. The highest BCUT2D eigenvalue weighted by Gasteiger charge is 2.30. The molecule has 4 rings (SSSR count). The van der Waals surface area contributed by atoms with Crippen molar-refractivity contribution in [2.45, 2.75) is 51.7 Å². The first kappa shape index (κ1) is 31.8. The van der Waals surface area contributed by atoms with Gasteiger partial charge in [-0.3, -0.25) is 19.2 Å². The van der Waals surface area contributed by atoms with Gasteiger partial charge in [0.15, 0.2) is 0 Å². The summed E-state index contributed by atoms with van der Waals surface area (Å²) >= 11 is 0. The minimum atomic E-state index is -0.915. The second-order valence-corrected chi connectivity index (χ2v) is 11.2. The van der Waals surface area contributed by atoms with E-state index in [1.165, 1.54) is 6.08 Å². The zero-order valence-electron chi connectivity index (χ0n) is 25.1. The average Bonchev–Trinajstić information content (AvgIpc) is 3.64. The van der Waals surface area contributed by atoms with Gasteiger partial charge in [-0.2, -0.15) is 5.26 Å². The molecule has 11 heteroatoms. The normalized spacial score (nSPS) is 16.1. The maximum Gasteiger partial charge on any atom is 0.268 e. The molecule has 1 aromatic heterocycles. The van der Waals surface area contributed by atoms with Crippen LogP contribution in [-0.2, 0) is 20.9 Å². The molecule has 44 heavy (non-hydrogen) atoms. The van der Waals surface area contributed by atoms with Gasteiger partial charge < -0.3 is 31.0 Å². The SMILES string of the molecule is COc1cccc2[nH]c(C(=O)NC(CC(C)C)C(=O)NC(/C=C(/C#N)C(=O)NCc3ccccc3)CC3CCNC3=O)cc12. The Hall–Kier alpha value is -5.11. The van der Waals surface area contributed by atoms with Crippen LogP contribution in [0.15, 0.2) is 66.2 Å². The fourth-order valence-corrected chi connectivity index (χ4v) is 5.23. The fourth-order valence-electron chi connectivity index (χ4n) is 5.23. The average molecular weight is 599 g/mol. The van der Waals surface area contributed by atoms with Crippen LogP contribution in [-0.4, -0.2) is 54.4 Å². The number of H-pyrrole nitrogens is 1. The zero-order valence-corrected chi connectivity index (χ0v) is 25.1. The number of hydrogen-bond donors (Lipinski definition) is 5.